The number of hydrogen-bond acceptors (Lipinski definition) is 8. The number of hydrogen-bond donors (Lipinski definition) is 1. The molecule has 12 heteroatoms. The minimum atomic E-state index is -4.00. The van der Waals surface area contributed by atoms with Gasteiger partial charge in [0.05, 0.1) is 24.4 Å². The first-order chi connectivity index (χ1) is 17.2. The fourth-order valence-electron chi connectivity index (χ4n) is 3.83. The number of carboxylic acid groups (broad SMARTS) is 1. The molecule has 4 rings (SSSR count). The number of carbonyl (C=O) groups is 1. The Hall–Kier alpha value is -4.32. The predicted molar refractivity (Wildman–Crippen MR) is 133 cm³/mol. The van der Waals surface area contributed by atoms with Crippen LogP contribution in [-0.4, -0.2) is 58.9 Å². The first-order valence-electron chi connectivity index (χ1n) is 10.8. The lowest BCUT2D eigenvalue weighted by Gasteiger charge is -2.29. The summed E-state index contributed by atoms with van der Waals surface area (Å²) >= 11 is 0. The zero-order chi connectivity index (χ0) is 25.9. The second-order valence-electron chi connectivity index (χ2n) is 7.97. The predicted octanol–water partition coefficient (Wildman–Crippen LogP) is 2.17. The molecule has 0 amide bonds. The molecule has 1 N–H and O–H groups in total. The number of sulfonamides is 1. The first-order valence-corrected chi connectivity index (χ1v) is 12.7. The summed E-state index contributed by atoms with van der Waals surface area (Å²) in [6.45, 7) is -0.144. The highest BCUT2D eigenvalue weighted by molar-refractivity contribution is 7.92. The number of carboxylic acids is 1. The summed E-state index contributed by atoms with van der Waals surface area (Å²) in [5.74, 6) is -0.899. The van der Waals surface area contributed by atoms with Gasteiger partial charge >= 0.3 is 5.97 Å². The smallest absolute Gasteiger partial charge is 0.327 e. The minimum Gasteiger partial charge on any atom is -0.481 e. The summed E-state index contributed by atoms with van der Waals surface area (Å²) in [4.78, 5) is 29.1. The van der Waals surface area contributed by atoms with Gasteiger partial charge in [0.2, 0.25) is 15.9 Å². The Morgan fingerprint density at radius 1 is 1.08 bits per heavy atom. The van der Waals surface area contributed by atoms with Gasteiger partial charge in [-0.05, 0) is 42.3 Å². The van der Waals surface area contributed by atoms with E-state index in [0.717, 1.165) is 26.4 Å². The fourth-order valence-corrected chi connectivity index (χ4v) is 4.99. The van der Waals surface area contributed by atoms with Crippen LogP contribution in [0.3, 0.4) is 0 Å². The van der Waals surface area contributed by atoms with E-state index < -0.39 is 27.6 Å². The molecule has 0 spiro atoms. The number of methoxy groups -OCH3 is 1. The van der Waals surface area contributed by atoms with Crippen molar-refractivity contribution in [2.75, 3.05) is 17.7 Å². The van der Waals surface area contributed by atoms with E-state index in [9.17, 15) is 23.1 Å². The van der Waals surface area contributed by atoms with Crippen molar-refractivity contribution in [3.63, 3.8) is 0 Å². The van der Waals surface area contributed by atoms with Crippen LogP contribution in [0.25, 0.3) is 22.0 Å². The average Bonchev–Trinajstić information content (AvgIpc) is 2.87. The third-order valence-electron chi connectivity index (χ3n) is 5.57. The van der Waals surface area contributed by atoms with Crippen molar-refractivity contribution in [2.45, 2.75) is 19.0 Å². The zero-order valence-corrected chi connectivity index (χ0v) is 20.3. The van der Waals surface area contributed by atoms with Crippen LogP contribution in [0.5, 0.6) is 5.88 Å². The van der Waals surface area contributed by atoms with Gasteiger partial charge in [0, 0.05) is 24.4 Å². The van der Waals surface area contributed by atoms with Gasteiger partial charge in [-0.1, -0.05) is 29.5 Å². The molecule has 2 aromatic heterocycles. The monoisotopic (exact) mass is 509 g/mol. The second-order valence-corrected chi connectivity index (χ2v) is 9.83. The van der Waals surface area contributed by atoms with Gasteiger partial charge in [-0.15, -0.1) is 5.10 Å². The molecule has 1 atom stereocenters. The molecule has 36 heavy (non-hydrogen) atoms. The van der Waals surface area contributed by atoms with Crippen LogP contribution in [0.15, 0.2) is 71.7 Å². The third kappa shape index (κ3) is 5.18. The van der Waals surface area contributed by atoms with E-state index in [4.69, 9.17) is 4.74 Å². The Kier molecular flexibility index (Phi) is 6.97. The number of aryl methyl sites for hydroxylation is 1. The van der Waals surface area contributed by atoms with Gasteiger partial charge in [0.25, 0.3) is 5.56 Å². The molecule has 2 heterocycles. The summed E-state index contributed by atoms with van der Waals surface area (Å²) in [5.41, 5.74) is 1.68. The molecule has 11 nitrogen and oxygen atoms in total. The minimum absolute atomic E-state index is 0.144. The van der Waals surface area contributed by atoms with Crippen LogP contribution in [-0.2, 0) is 21.4 Å². The summed E-state index contributed by atoms with van der Waals surface area (Å²) in [7, 11) is -2.49. The summed E-state index contributed by atoms with van der Waals surface area (Å²) < 4.78 is 32.3. The maximum atomic E-state index is 12.7. The van der Waals surface area contributed by atoms with Gasteiger partial charge in [0.15, 0.2) is 0 Å². The van der Waals surface area contributed by atoms with Gasteiger partial charge in [-0.2, -0.15) is 0 Å². The van der Waals surface area contributed by atoms with Crippen molar-refractivity contribution in [1.82, 2.24) is 20.0 Å². The van der Waals surface area contributed by atoms with Crippen molar-refractivity contribution >= 4 is 32.6 Å². The van der Waals surface area contributed by atoms with E-state index in [1.165, 1.54) is 19.2 Å². The van der Waals surface area contributed by atoms with Crippen LogP contribution in [0.1, 0.15) is 6.42 Å². The van der Waals surface area contributed by atoms with E-state index in [1.807, 2.05) is 0 Å². The number of aliphatic carboxylic acids is 1. The number of aromatic nitrogens is 4. The number of anilines is 1. The first kappa shape index (κ1) is 24.8. The largest absolute Gasteiger partial charge is 0.481 e. The van der Waals surface area contributed by atoms with E-state index >= 15 is 0 Å². The van der Waals surface area contributed by atoms with Crippen molar-refractivity contribution in [2.24, 2.45) is 0 Å². The van der Waals surface area contributed by atoms with Crippen LogP contribution < -0.4 is 14.6 Å². The molecule has 0 bridgehead atoms. The number of nitrogens with zero attached hydrogens (tertiary/aromatic N) is 5. The van der Waals surface area contributed by atoms with Crippen molar-refractivity contribution < 1.29 is 23.1 Å². The Morgan fingerprint density at radius 2 is 1.78 bits per heavy atom. The van der Waals surface area contributed by atoms with Crippen LogP contribution in [0.4, 0.5) is 5.69 Å². The highest BCUT2D eigenvalue weighted by Crippen LogP contribution is 2.27. The molecular weight excluding hydrogens is 486 g/mol. The Bertz CT molecular complexity index is 1550. The molecule has 0 radical (unpaired) electrons. The number of fused-ring (bicyclic) bond motifs is 1. The number of benzene rings is 2. The maximum absolute atomic E-state index is 12.7. The number of ether oxygens (including phenoxy) is 1. The standard InChI is InChI=1S/C24H23N5O6S/c1-35-22-12-9-17(15-25-22)16-7-10-18(11-8-16)29(36(2,33)34)21(24(31)32)13-14-28-23(30)19-5-3-4-6-20(19)26-27-28/h3-12,15,21H,13-14H2,1-2H3,(H,31,32). The molecule has 1 unspecified atom stereocenters. The summed E-state index contributed by atoms with van der Waals surface area (Å²) in [5, 5.41) is 18.1. The second kappa shape index (κ2) is 10.1. The van der Waals surface area contributed by atoms with Crippen molar-refractivity contribution in [1.29, 1.82) is 0 Å². The summed E-state index contributed by atoms with van der Waals surface area (Å²) in [6.07, 6.45) is 2.34. The van der Waals surface area contributed by atoms with E-state index in [-0.39, 0.29) is 18.7 Å². The van der Waals surface area contributed by atoms with E-state index in [0.29, 0.717) is 16.8 Å². The van der Waals surface area contributed by atoms with E-state index in [2.05, 4.69) is 15.3 Å². The molecule has 2 aromatic carbocycles. The van der Waals surface area contributed by atoms with Gasteiger partial charge in [-0.25, -0.2) is 22.9 Å². The SMILES string of the molecule is COc1ccc(-c2ccc(N(C(CCn3nnc4ccccc4c3=O)C(=O)O)S(C)(=O)=O)cc2)cn1. The molecule has 4 aromatic rings. The lowest BCUT2D eigenvalue weighted by Crippen LogP contribution is -2.46. The fraction of sp³-hybridized carbons (Fsp3) is 0.208. The maximum Gasteiger partial charge on any atom is 0.327 e. The Labute approximate surface area is 206 Å². The quantitative estimate of drug-likeness (QED) is 0.359. The molecule has 0 saturated carbocycles. The van der Waals surface area contributed by atoms with Gasteiger partial charge < -0.3 is 9.84 Å². The molecule has 0 saturated heterocycles. The van der Waals surface area contributed by atoms with Crippen LogP contribution >= 0.6 is 0 Å². The number of rotatable bonds is 9. The molecule has 0 fully saturated rings. The van der Waals surface area contributed by atoms with Gasteiger partial charge in [0.1, 0.15) is 11.6 Å². The van der Waals surface area contributed by atoms with Crippen molar-refractivity contribution in [3.8, 4) is 17.0 Å². The molecule has 0 aliphatic carbocycles. The highest BCUT2D eigenvalue weighted by atomic mass is 32.2. The third-order valence-corrected chi connectivity index (χ3v) is 6.75. The normalized spacial score (nSPS) is 12.3. The van der Waals surface area contributed by atoms with Crippen LogP contribution in [0, 0.1) is 0 Å². The Balaban J connectivity index is 1.63. The summed E-state index contributed by atoms with van der Waals surface area (Å²) in [6, 6.07) is 15.1. The number of pyridine rings is 1. The lowest BCUT2D eigenvalue weighted by molar-refractivity contribution is -0.138. The van der Waals surface area contributed by atoms with Crippen LogP contribution in [0.2, 0.25) is 0 Å². The topological polar surface area (TPSA) is 145 Å². The van der Waals surface area contributed by atoms with E-state index in [1.54, 1.807) is 54.7 Å². The molecule has 0 aliphatic rings. The molecule has 0 aliphatic heterocycles. The average molecular weight is 510 g/mol. The zero-order valence-electron chi connectivity index (χ0n) is 19.5. The Morgan fingerprint density at radius 3 is 2.39 bits per heavy atom. The highest BCUT2D eigenvalue weighted by Gasteiger charge is 2.33. The van der Waals surface area contributed by atoms with Gasteiger partial charge in [-0.3, -0.25) is 9.10 Å². The molecular formula is C24H23N5O6S. The molecule has 186 valence electrons. The lowest BCUT2D eigenvalue weighted by atomic mass is 10.1. The van der Waals surface area contributed by atoms with Crippen molar-refractivity contribution in [3.05, 3.63) is 77.2 Å².